The summed E-state index contributed by atoms with van der Waals surface area (Å²) in [6, 6.07) is 16.7. The second kappa shape index (κ2) is 11.7. The summed E-state index contributed by atoms with van der Waals surface area (Å²) >= 11 is 0. The van der Waals surface area contributed by atoms with Crippen LogP contribution in [0.3, 0.4) is 0 Å². The van der Waals surface area contributed by atoms with Crippen LogP contribution in [0, 0.1) is 0 Å². The Bertz CT molecular complexity index is 787. The molecule has 1 heterocycles. The number of rotatable bonds is 12. The fourth-order valence-corrected chi connectivity index (χ4v) is 3.69. The molecular weight excluding hydrogens is 378 g/mol. The Hall–Kier alpha value is -2.34. The highest BCUT2D eigenvalue weighted by Crippen LogP contribution is 2.37. The summed E-state index contributed by atoms with van der Waals surface area (Å²) in [7, 11) is 0. The highest BCUT2D eigenvalue weighted by molar-refractivity contribution is 5.49. The van der Waals surface area contributed by atoms with E-state index in [1.807, 2.05) is 38.1 Å². The zero-order valence-corrected chi connectivity index (χ0v) is 18.2. The summed E-state index contributed by atoms with van der Waals surface area (Å²) in [6.07, 6.45) is 4.82. The second-order valence-corrected chi connectivity index (χ2v) is 7.31. The number of nitrogens with one attached hydrogen (secondary N) is 1. The van der Waals surface area contributed by atoms with E-state index in [4.69, 9.17) is 18.9 Å². The number of hydrogen-bond acceptors (Lipinski definition) is 5. The van der Waals surface area contributed by atoms with E-state index in [0.29, 0.717) is 13.2 Å². The van der Waals surface area contributed by atoms with E-state index in [9.17, 15) is 0 Å². The van der Waals surface area contributed by atoms with Crippen LogP contribution in [0.5, 0.6) is 11.5 Å². The van der Waals surface area contributed by atoms with Crippen LogP contribution in [0.4, 0.5) is 0 Å². The van der Waals surface area contributed by atoms with Crippen molar-refractivity contribution >= 4 is 6.08 Å². The van der Waals surface area contributed by atoms with Crippen LogP contribution in [-0.4, -0.2) is 38.9 Å². The maximum atomic E-state index is 5.84. The van der Waals surface area contributed by atoms with Gasteiger partial charge in [-0.3, -0.25) is 0 Å². The van der Waals surface area contributed by atoms with Gasteiger partial charge in [-0.25, -0.2) is 0 Å². The molecule has 0 aliphatic carbocycles. The van der Waals surface area contributed by atoms with Gasteiger partial charge < -0.3 is 24.3 Å². The molecule has 0 amide bonds. The van der Waals surface area contributed by atoms with Crippen LogP contribution in [0.2, 0.25) is 0 Å². The molecule has 5 heteroatoms. The quantitative estimate of drug-likeness (QED) is 0.499. The summed E-state index contributed by atoms with van der Waals surface area (Å²) in [5.41, 5.74) is 2.39. The highest BCUT2D eigenvalue weighted by Gasteiger charge is 2.26. The lowest BCUT2D eigenvalue weighted by Gasteiger charge is -2.29. The van der Waals surface area contributed by atoms with Gasteiger partial charge >= 0.3 is 0 Å². The predicted molar refractivity (Wildman–Crippen MR) is 120 cm³/mol. The van der Waals surface area contributed by atoms with Crippen molar-refractivity contribution in [3.05, 3.63) is 65.7 Å². The molecule has 3 rings (SSSR count). The molecule has 1 N–H and O–H groups in total. The van der Waals surface area contributed by atoms with E-state index in [0.717, 1.165) is 24.5 Å². The molecule has 0 saturated heterocycles. The molecule has 2 atom stereocenters. The molecule has 1 aliphatic heterocycles. The minimum Gasteiger partial charge on any atom is -0.454 e. The molecular formula is C25H33NO4. The maximum Gasteiger partial charge on any atom is 0.231 e. The van der Waals surface area contributed by atoms with Crippen LogP contribution >= 0.6 is 0 Å². The smallest absolute Gasteiger partial charge is 0.231 e. The zero-order valence-electron chi connectivity index (χ0n) is 18.2. The fourth-order valence-electron chi connectivity index (χ4n) is 3.69. The molecule has 0 saturated carbocycles. The normalized spacial score (nSPS) is 15.1. The molecule has 0 fully saturated rings. The Morgan fingerprint density at radius 2 is 1.73 bits per heavy atom. The Kier molecular flexibility index (Phi) is 8.75. The van der Waals surface area contributed by atoms with Crippen LogP contribution in [0.1, 0.15) is 44.2 Å². The van der Waals surface area contributed by atoms with Gasteiger partial charge in [0.05, 0.1) is 0 Å². The average molecular weight is 412 g/mol. The van der Waals surface area contributed by atoms with Gasteiger partial charge in [-0.05, 0) is 44.0 Å². The molecule has 30 heavy (non-hydrogen) atoms. The number of ether oxygens (including phenoxy) is 4. The van der Waals surface area contributed by atoms with Crippen molar-refractivity contribution in [3.63, 3.8) is 0 Å². The largest absolute Gasteiger partial charge is 0.454 e. The predicted octanol–water partition coefficient (Wildman–Crippen LogP) is 4.98. The highest BCUT2D eigenvalue weighted by atomic mass is 16.7. The third-order valence-electron chi connectivity index (χ3n) is 5.25. The standard InChI is InChI=1S/C25H33NO4/c1-4-27-25(28-5-2)17-22(21-13-14-23-24(16-21)30-18-29-23)19(3)26-15-9-12-20-10-7-6-8-11-20/h6-14,16,19,22,25-26H,4-5,15,17-18H2,1-3H3/b12-9+/t19-,22+/m1/s1. The van der Waals surface area contributed by atoms with Crippen LogP contribution in [0.25, 0.3) is 6.08 Å². The first-order valence-corrected chi connectivity index (χ1v) is 10.8. The first kappa shape index (κ1) is 22.3. The fraction of sp³-hybridized carbons (Fsp3) is 0.440. The molecule has 5 nitrogen and oxygen atoms in total. The lowest BCUT2D eigenvalue weighted by molar-refractivity contribution is -0.143. The van der Waals surface area contributed by atoms with Gasteiger partial charge in [0.15, 0.2) is 17.8 Å². The lowest BCUT2D eigenvalue weighted by Crippen LogP contribution is -2.35. The molecule has 162 valence electrons. The SMILES string of the molecule is CCOC(C[C@H](c1ccc2c(c1)OCO2)[C@@H](C)NC/C=C/c1ccccc1)OCC. The van der Waals surface area contributed by atoms with Crippen molar-refractivity contribution in [2.45, 2.75) is 45.4 Å². The van der Waals surface area contributed by atoms with E-state index < -0.39 is 0 Å². The molecule has 2 aromatic rings. The summed E-state index contributed by atoms with van der Waals surface area (Å²) < 4.78 is 22.8. The van der Waals surface area contributed by atoms with Gasteiger partial charge in [0.25, 0.3) is 0 Å². The monoisotopic (exact) mass is 411 g/mol. The minimum absolute atomic E-state index is 0.202. The van der Waals surface area contributed by atoms with E-state index in [-0.39, 0.29) is 25.0 Å². The summed E-state index contributed by atoms with van der Waals surface area (Å²) in [5.74, 6) is 1.81. The zero-order chi connectivity index (χ0) is 21.2. The molecule has 0 unspecified atom stereocenters. The number of hydrogen-bond donors (Lipinski definition) is 1. The first-order valence-electron chi connectivity index (χ1n) is 10.8. The lowest BCUT2D eigenvalue weighted by atomic mass is 9.88. The van der Waals surface area contributed by atoms with Crippen molar-refractivity contribution in [2.24, 2.45) is 0 Å². The second-order valence-electron chi connectivity index (χ2n) is 7.31. The van der Waals surface area contributed by atoms with Crippen molar-refractivity contribution in [3.8, 4) is 11.5 Å². The van der Waals surface area contributed by atoms with Gasteiger partial charge in [0.2, 0.25) is 6.79 Å². The average Bonchev–Trinajstić information content (AvgIpc) is 3.24. The van der Waals surface area contributed by atoms with Crippen molar-refractivity contribution in [2.75, 3.05) is 26.6 Å². The van der Waals surface area contributed by atoms with Gasteiger partial charge in [-0.15, -0.1) is 0 Å². The number of benzene rings is 2. The minimum atomic E-state index is -0.237. The Morgan fingerprint density at radius 3 is 2.47 bits per heavy atom. The molecule has 2 aromatic carbocycles. The molecule has 0 radical (unpaired) electrons. The molecule has 0 bridgehead atoms. The van der Waals surface area contributed by atoms with Crippen molar-refractivity contribution in [1.29, 1.82) is 0 Å². The maximum absolute atomic E-state index is 5.84. The molecule has 0 aromatic heterocycles. The van der Waals surface area contributed by atoms with Crippen LogP contribution in [-0.2, 0) is 9.47 Å². The molecule has 1 aliphatic rings. The third-order valence-corrected chi connectivity index (χ3v) is 5.25. The van der Waals surface area contributed by atoms with E-state index in [1.54, 1.807) is 0 Å². The first-order chi connectivity index (χ1) is 14.7. The topological polar surface area (TPSA) is 49.0 Å². The van der Waals surface area contributed by atoms with E-state index in [1.165, 1.54) is 11.1 Å². The van der Waals surface area contributed by atoms with E-state index in [2.05, 4.69) is 48.7 Å². The van der Waals surface area contributed by atoms with Gasteiger partial charge in [-0.1, -0.05) is 48.6 Å². The summed E-state index contributed by atoms with van der Waals surface area (Å²) in [5, 5.41) is 3.64. The van der Waals surface area contributed by atoms with E-state index >= 15 is 0 Å². The van der Waals surface area contributed by atoms with Crippen molar-refractivity contribution in [1.82, 2.24) is 5.32 Å². The van der Waals surface area contributed by atoms with Gasteiger partial charge in [-0.2, -0.15) is 0 Å². The summed E-state index contributed by atoms with van der Waals surface area (Å²) in [4.78, 5) is 0. The molecule has 0 spiro atoms. The third kappa shape index (κ3) is 6.33. The summed E-state index contributed by atoms with van der Waals surface area (Å²) in [6.45, 7) is 8.52. The Labute approximate surface area is 180 Å². The van der Waals surface area contributed by atoms with Crippen LogP contribution in [0.15, 0.2) is 54.6 Å². The number of fused-ring (bicyclic) bond motifs is 1. The Balaban J connectivity index is 1.69. The Morgan fingerprint density at radius 1 is 1.00 bits per heavy atom. The van der Waals surface area contributed by atoms with Crippen LogP contribution < -0.4 is 14.8 Å². The van der Waals surface area contributed by atoms with Gasteiger partial charge in [0, 0.05) is 38.1 Å². The van der Waals surface area contributed by atoms with Crippen molar-refractivity contribution < 1.29 is 18.9 Å². The van der Waals surface area contributed by atoms with Gasteiger partial charge in [0.1, 0.15) is 0 Å².